The van der Waals surface area contributed by atoms with Crippen molar-refractivity contribution >= 4 is 44.2 Å². The van der Waals surface area contributed by atoms with E-state index in [2.05, 4.69) is 34.2 Å². The second-order valence-electron chi connectivity index (χ2n) is 6.56. The number of aromatic nitrogens is 1. The van der Waals surface area contributed by atoms with E-state index < -0.39 is 0 Å². The van der Waals surface area contributed by atoms with Gasteiger partial charge in [0.25, 0.3) is 0 Å². The lowest BCUT2D eigenvalue weighted by Gasteiger charge is -2.32. The Balaban J connectivity index is 1.60. The van der Waals surface area contributed by atoms with Crippen LogP contribution in [0, 0.1) is 5.92 Å². The molecule has 0 radical (unpaired) electrons. The summed E-state index contributed by atoms with van der Waals surface area (Å²) in [6.07, 6.45) is 2.02. The van der Waals surface area contributed by atoms with Gasteiger partial charge in [0, 0.05) is 24.7 Å². The molecule has 0 aliphatic carbocycles. The van der Waals surface area contributed by atoms with Crippen molar-refractivity contribution in [2.75, 3.05) is 45.6 Å². The molecule has 2 heterocycles. The van der Waals surface area contributed by atoms with E-state index in [1.54, 1.807) is 0 Å². The number of likely N-dealkylation sites (tertiary alicyclic amines) is 1. The fourth-order valence-electron chi connectivity index (χ4n) is 2.98. The van der Waals surface area contributed by atoms with Crippen LogP contribution in [0.3, 0.4) is 0 Å². The first-order valence-electron chi connectivity index (χ1n) is 8.25. The van der Waals surface area contributed by atoms with Crippen molar-refractivity contribution < 1.29 is 4.79 Å². The number of carbonyl (C=O) groups is 1. The van der Waals surface area contributed by atoms with Crippen molar-refractivity contribution in [3.05, 3.63) is 23.2 Å². The van der Waals surface area contributed by atoms with Crippen LogP contribution in [0.2, 0.25) is 5.02 Å². The zero-order valence-corrected chi connectivity index (χ0v) is 15.7. The summed E-state index contributed by atoms with van der Waals surface area (Å²) in [5.74, 6) is 0.117. The number of carbonyl (C=O) groups excluding carboxylic acids is 1. The Morgan fingerprint density at radius 1 is 1.50 bits per heavy atom. The molecule has 2 aromatic rings. The van der Waals surface area contributed by atoms with Gasteiger partial charge in [-0.15, -0.1) is 0 Å². The molecule has 7 heteroatoms. The molecule has 1 aromatic carbocycles. The zero-order valence-electron chi connectivity index (χ0n) is 14.1. The number of nitrogens with one attached hydrogen (secondary N) is 1. The highest BCUT2D eigenvalue weighted by molar-refractivity contribution is 7.22. The predicted molar refractivity (Wildman–Crippen MR) is 101 cm³/mol. The van der Waals surface area contributed by atoms with Gasteiger partial charge in [0.2, 0.25) is 5.91 Å². The maximum Gasteiger partial charge on any atom is 0.230 e. The third-order valence-corrected chi connectivity index (χ3v) is 5.51. The highest BCUT2D eigenvalue weighted by Crippen LogP contribution is 2.29. The minimum Gasteiger partial charge on any atom is -0.308 e. The molecule has 0 bridgehead atoms. The van der Waals surface area contributed by atoms with E-state index in [0.29, 0.717) is 10.2 Å². The molecular formula is C17H23ClN4OS. The average Bonchev–Trinajstić information content (AvgIpc) is 2.94. The maximum atomic E-state index is 12.6. The summed E-state index contributed by atoms with van der Waals surface area (Å²) in [5.41, 5.74) is 0.832. The van der Waals surface area contributed by atoms with E-state index >= 15 is 0 Å². The van der Waals surface area contributed by atoms with E-state index in [1.165, 1.54) is 11.3 Å². The van der Waals surface area contributed by atoms with Crippen LogP contribution in [0.1, 0.15) is 12.8 Å². The zero-order chi connectivity index (χ0) is 17.1. The first-order chi connectivity index (χ1) is 11.5. The first kappa shape index (κ1) is 17.6. The van der Waals surface area contributed by atoms with Crippen molar-refractivity contribution in [1.29, 1.82) is 0 Å². The second-order valence-corrected chi connectivity index (χ2v) is 8.03. The number of hydrogen-bond acceptors (Lipinski definition) is 5. The van der Waals surface area contributed by atoms with Crippen molar-refractivity contribution in [3.8, 4) is 0 Å². The van der Waals surface area contributed by atoms with E-state index in [-0.39, 0.29) is 11.8 Å². The summed E-state index contributed by atoms with van der Waals surface area (Å²) < 4.78 is 1.03. The molecule has 24 heavy (non-hydrogen) atoms. The van der Waals surface area contributed by atoms with E-state index in [1.807, 2.05) is 18.2 Å². The van der Waals surface area contributed by atoms with Crippen LogP contribution in [-0.4, -0.2) is 61.0 Å². The quantitative estimate of drug-likeness (QED) is 0.883. The molecule has 1 saturated heterocycles. The van der Waals surface area contributed by atoms with Gasteiger partial charge in [0.1, 0.15) is 0 Å². The number of anilines is 1. The van der Waals surface area contributed by atoms with Gasteiger partial charge in [0.15, 0.2) is 5.13 Å². The van der Waals surface area contributed by atoms with Crippen LogP contribution < -0.4 is 5.32 Å². The standard InChI is InChI=1S/C17H23ClN4OS/c1-21(2)8-9-22-7-3-4-12(11-22)16(23)20-17-19-14-10-13(18)5-6-15(14)24-17/h5-6,10,12H,3-4,7-9,11H2,1-2H3,(H,19,20,23). The number of nitrogens with zero attached hydrogens (tertiary/aromatic N) is 3. The van der Waals surface area contributed by atoms with Crippen LogP contribution in [0.25, 0.3) is 10.2 Å². The number of rotatable bonds is 5. The topological polar surface area (TPSA) is 48.5 Å². The van der Waals surface area contributed by atoms with Gasteiger partial charge in [-0.25, -0.2) is 4.98 Å². The molecule has 1 aromatic heterocycles. The number of thiazole rings is 1. The lowest BCUT2D eigenvalue weighted by atomic mass is 9.97. The third kappa shape index (κ3) is 4.45. The van der Waals surface area contributed by atoms with Gasteiger partial charge >= 0.3 is 0 Å². The molecule has 1 aliphatic rings. The third-order valence-electron chi connectivity index (χ3n) is 4.32. The van der Waals surface area contributed by atoms with Gasteiger partial charge in [-0.05, 0) is 51.7 Å². The van der Waals surface area contributed by atoms with Gasteiger partial charge in [-0.2, -0.15) is 0 Å². The van der Waals surface area contributed by atoms with Gasteiger partial charge in [-0.3, -0.25) is 4.79 Å². The molecule has 1 unspecified atom stereocenters. The summed E-state index contributed by atoms with van der Waals surface area (Å²) in [4.78, 5) is 21.6. The first-order valence-corrected chi connectivity index (χ1v) is 9.45. The predicted octanol–water partition coefficient (Wildman–Crippen LogP) is 3.16. The fraction of sp³-hybridized carbons (Fsp3) is 0.529. The summed E-state index contributed by atoms with van der Waals surface area (Å²) in [6.45, 7) is 3.94. The van der Waals surface area contributed by atoms with Crippen molar-refractivity contribution in [2.45, 2.75) is 12.8 Å². The van der Waals surface area contributed by atoms with E-state index in [4.69, 9.17) is 11.6 Å². The Kier molecular flexibility index (Phi) is 5.71. The Bertz CT molecular complexity index is 718. The number of benzene rings is 1. The Morgan fingerprint density at radius 3 is 3.12 bits per heavy atom. The van der Waals surface area contributed by atoms with Crippen LogP contribution in [0.15, 0.2) is 18.2 Å². The van der Waals surface area contributed by atoms with Gasteiger partial charge < -0.3 is 15.1 Å². The number of piperidine rings is 1. The maximum absolute atomic E-state index is 12.6. The second kappa shape index (κ2) is 7.78. The van der Waals surface area contributed by atoms with E-state index in [0.717, 1.165) is 49.2 Å². The number of likely N-dealkylation sites (N-methyl/N-ethyl adjacent to an activating group) is 1. The van der Waals surface area contributed by atoms with Crippen LogP contribution >= 0.6 is 22.9 Å². The number of hydrogen-bond donors (Lipinski definition) is 1. The van der Waals surface area contributed by atoms with Crippen molar-refractivity contribution in [1.82, 2.24) is 14.8 Å². The van der Waals surface area contributed by atoms with E-state index in [9.17, 15) is 4.79 Å². The SMILES string of the molecule is CN(C)CCN1CCCC(C(=O)Nc2nc3cc(Cl)ccc3s2)C1. The summed E-state index contributed by atoms with van der Waals surface area (Å²) in [7, 11) is 4.15. The number of amides is 1. The minimum absolute atomic E-state index is 0.0384. The molecule has 1 N–H and O–H groups in total. The lowest BCUT2D eigenvalue weighted by molar-refractivity contribution is -0.121. The summed E-state index contributed by atoms with van der Waals surface area (Å²) >= 11 is 7.48. The van der Waals surface area contributed by atoms with Crippen LogP contribution in [0.4, 0.5) is 5.13 Å². The normalized spacial score (nSPS) is 19.1. The Morgan fingerprint density at radius 2 is 2.33 bits per heavy atom. The molecule has 1 atom stereocenters. The minimum atomic E-state index is 0.0384. The molecule has 1 aliphatic heterocycles. The molecular weight excluding hydrogens is 344 g/mol. The smallest absolute Gasteiger partial charge is 0.230 e. The molecule has 0 spiro atoms. The number of halogens is 1. The fourth-order valence-corrected chi connectivity index (χ4v) is 3.99. The molecule has 1 amide bonds. The number of fused-ring (bicyclic) bond motifs is 1. The highest BCUT2D eigenvalue weighted by Gasteiger charge is 2.26. The van der Waals surface area contributed by atoms with Gasteiger partial charge in [-0.1, -0.05) is 22.9 Å². The van der Waals surface area contributed by atoms with Gasteiger partial charge in [0.05, 0.1) is 16.1 Å². The van der Waals surface area contributed by atoms with Crippen LogP contribution in [0.5, 0.6) is 0 Å². The molecule has 3 rings (SSSR count). The molecule has 130 valence electrons. The molecule has 1 fully saturated rings. The lowest BCUT2D eigenvalue weighted by Crippen LogP contribution is -2.43. The summed E-state index contributed by atoms with van der Waals surface area (Å²) in [5, 5.41) is 4.31. The van der Waals surface area contributed by atoms with Crippen LogP contribution in [-0.2, 0) is 4.79 Å². The summed E-state index contributed by atoms with van der Waals surface area (Å²) in [6, 6.07) is 5.61. The largest absolute Gasteiger partial charge is 0.308 e. The van der Waals surface area contributed by atoms with Crippen molar-refractivity contribution in [2.24, 2.45) is 5.92 Å². The highest BCUT2D eigenvalue weighted by atomic mass is 35.5. The van der Waals surface area contributed by atoms with Crippen molar-refractivity contribution in [3.63, 3.8) is 0 Å². The monoisotopic (exact) mass is 366 g/mol. The Hall–Kier alpha value is -1.21. The molecule has 0 saturated carbocycles. The average molecular weight is 367 g/mol. The molecule has 5 nitrogen and oxygen atoms in total. The Labute approximate surface area is 151 Å².